The molecule has 0 fully saturated rings. The Balaban J connectivity index is 1.48. The number of hydrogen-bond donors (Lipinski definition) is 1. The largest absolute Gasteiger partial charge is 0.369 e. The van der Waals surface area contributed by atoms with Crippen LogP contribution in [0.15, 0.2) is 55.0 Å². The van der Waals surface area contributed by atoms with Crippen LogP contribution in [0.1, 0.15) is 17.5 Å². The van der Waals surface area contributed by atoms with Crippen LogP contribution in [0, 0.1) is 6.92 Å². The van der Waals surface area contributed by atoms with Gasteiger partial charge in [0.2, 0.25) is 5.95 Å². The van der Waals surface area contributed by atoms with Crippen LogP contribution in [0.25, 0.3) is 5.95 Å². The molecule has 0 amide bonds. The molecule has 0 aliphatic carbocycles. The minimum atomic E-state index is 0.579. The van der Waals surface area contributed by atoms with Crippen molar-refractivity contribution in [2.75, 3.05) is 11.9 Å². The monoisotopic (exact) mass is 293 g/mol. The van der Waals surface area contributed by atoms with E-state index in [1.54, 1.807) is 23.1 Å². The summed E-state index contributed by atoms with van der Waals surface area (Å²) >= 11 is 0. The number of anilines is 1. The van der Waals surface area contributed by atoms with Gasteiger partial charge in [0, 0.05) is 31.2 Å². The third-order valence-electron chi connectivity index (χ3n) is 3.42. The lowest BCUT2D eigenvalue weighted by atomic mass is 10.1. The fourth-order valence-corrected chi connectivity index (χ4v) is 2.20. The van der Waals surface area contributed by atoms with Gasteiger partial charge in [0.25, 0.3) is 0 Å². The molecule has 0 saturated heterocycles. The Kier molecular flexibility index (Phi) is 4.44. The quantitative estimate of drug-likeness (QED) is 0.710. The van der Waals surface area contributed by atoms with Gasteiger partial charge in [0.05, 0.1) is 0 Å². The number of aryl methyl sites for hydroxylation is 2. The van der Waals surface area contributed by atoms with E-state index in [0.29, 0.717) is 5.95 Å². The highest BCUT2D eigenvalue weighted by atomic mass is 15.4. The number of hydrogen-bond acceptors (Lipinski definition) is 4. The SMILES string of the molecule is Cc1ccc(CCCNc2ccn(-c3ncccn3)n2)cc1. The molecule has 2 aromatic heterocycles. The predicted molar refractivity (Wildman–Crippen MR) is 87.1 cm³/mol. The van der Waals surface area contributed by atoms with E-state index >= 15 is 0 Å². The maximum atomic E-state index is 4.42. The van der Waals surface area contributed by atoms with E-state index in [1.807, 2.05) is 12.3 Å². The average Bonchev–Trinajstić information content (AvgIpc) is 3.03. The molecule has 1 N–H and O–H groups in total. The zero-order valence-corrected chi connectivity index (χ0v) is 12.6. The fraction of sp³-hybridized carbons (Fsp3) is 0.235. The molecule has 3 aromatic rings. The number of rotatable bonds is 6. The second-order valence-corrected chi connectivity index (χ2v) is 5.21. The van der Waals surface area contributed by atoms with Crippen LogP contribution in [-0.2, 0) is 6.42 Å². The van der Waals surface area contributed by atoms with Gasteiger partial charge in [-0.3, -0.25) is 0 Å². The van der Waals surface area contributed by atoms with Gasteiger partial charge in [-0.1, -0.05) is 29.8 Å². The predicted octanol–water partition coefficient (Wildman–Crippen LogP) is 3.02. The topological polar surface area (TPSA) is 55.6 Å². The van der Waals surface area contributed by atoms with Crippen molar-refractivity contribution in [2.45, 2.75) is 19.8 Å². The lowest BCUT2D eigenvalue weighted by Gasteiger charge is -2.04. The van der Waals surface area contributed by atoms with Gasteiger partial charge in [-0.05, 0) is 31.4 Å². The number of benzene rings is 1. The van der Waals surface area contributed by atoms with Crippen molar-refractivity contribution in [1.29, 1.82) is 0 Å². The molecular formula is C17H19N5. The molecule has 0 atom stereocenters. The third kappa shape index (κ3) is 3.69. The Labute approximate surface area is 130 Å². The molecule has 0 saturated carbocycles. The van der Waals surface area contributed by atoms with Crippen molar-refractivity contribution in [3.63, 3.8) is 0 Å². The molecule has 1 aromatic carbocycles. The number of nitrogens with one attached hydrogen (secondary N) is 1. The molecule has 0 aliphatic rings. The zero-order chi connectivity index (χ0) is 15.2. The first kappa shape index (κ1) is 14.3. The Hall–Kier alpha value is -2.69. The van der Waals surface area contributed by atoms with Gasteiger partial charge in [-0.25, -0.2) is 14.6 Å². The Morgan fingerprint density at radius 2 is 1.82 bits per heavy atom. The van der Waals surface area contributed by atoms with Gasteiger partial charge in [0.1, 0.15) is 5.82 Å². The Morgan fingerprint density at radius 1 is 1.05 bits per heavy atom. The van der Waals surface area contributed by atoms with Crippen LogP contribution >= 0.6 is 0 Å². The van der Waals surface area contributed by atoms with E-state index in [-0.39, 0.29) is 0 Å². The van der Waals surface area contributed by atoms with Crippen molar-refractivity contribution < 1.29 is 0 Å². The summed E-state index contributed by atoms with van der Waals surface area (Å²) in [4.78, 5) is 8.33. The highest BCUT2D eigenvalue weighted by Gasteiger charge is 2.02. The first-order valence-electron chi connectivity index (χ1n) is 7.44. The minimum absolute atomic E-state index is 0.579. The summed E-state index contributed by atoms with van der Waals surface area (Å²) in [5.41, 5.74) is 2.67. The minimum Gasteiger partial charge on any atom is -0.369 e. The van der Waals surface area contributed by atoms with Crippen molar-refractivity contribution in [1.82, 2.24) is 19.7 Å². The molecule has 3 rings (SSSR count). The van der Waals surface area contributed by atoms with Crippen molar-refractivity contribution in [3.05, 3.63) is 66.1 Å². The van der Waals surface area contributed by atoms with Gasteiger partial charge in [0.15, 0.2) is 0 Å². The summed E-state index contributed by atoms with van der Waals surface area (Å²) < 4.78 is 1.67. The van der Waals surface area contributed by atoms with E-state index < -0.39 is 0 Å². The van der Waals surface area contributed by atoms with Crippen molar-refractivity contribution in [3.8, 4) is 5.95 Å². The zero-order valence-electron chi connectivity index (χ0n) is 12.6. The maximum Gasteiger partial charge on any atom is 0.250 e. The first-order valence-corrected chi connectivity index (χ1v) is 7.44. The molecule has 0 aliphatic heterocycles. The smallest absolute Gasteiger partial charge is 0.250 e. The van der Waals surface area contributed by atoms with Crippen LogP contribution in [0.3, 0.4) is 0 Å². The lowest BCUT2D eigenvalue weighted by Crippen LogP contribution is -2.05. The molecular weight excluding hydrogens is 274 g/mol. The van der Waals surface area contributed by atoms with Crippen LogP contribution in [0.2, 0.25) is 0 Å². The molecule has 112 valence electrons. The highest BCUT2D eigenvalue weighted by Crippen LogP contribution is 2.08. The standard InChI is InChI=1S/C17H19N5/c1-14-5-7-15(8-6-14)4-2-10-18-16-9-13-22(21-16)17-19-11-3-12-20-17/h3,5-9,11-13H,2,4,10H2,1H3,(H,18,21). The van der Waals surface area contributed by atoms with E-state index in [4.69, 9.17) is 0 Å². The van der Waals surface area contributed by atoms with E-state index in [2.05, 4.69) is 51.6 Å². The molecule has 0 bridgehead atoms. The van der Waals surface area contributed by atoms with Gasteiger partial charge < -0.3 is 5.32 Å². The van der Waals surface area contributed by atoms with Crippen LogP contribution in [0.4, 0.5) is 5.82 Å². The molecule has 5 nitrogen and oxygen atoms in total. The first-order chi connectivity index (χ1) is 10.8. The number of nitrogens with zero attached hydrogens (tertiary/aromatic N) is 4. The summed E-state index contributed by atoms with van der Waals surface area (Å²) in [7, 11) is 0. The van der Waals surface area contributed by atoms with Gasteiger partial charge in [-0.15, -0.1) is 5.10 Å². The lowest BCUT2D eigenvalue weighted by molar-refractivity contribution is 0.801. The van der Waals surface area contributed by atoms with E-state index in [0.717, 1.165) is 25.2 Å². The van der Waals surface area contributed by atoms with E-state index in [9.17, 15) is 0 Å². The summed E-state index contributed by atoms with van der Waals surface area (Å²) in [6.45, 7) is 3.00. The molecule has 2 heterocycles. The van der Waals surface area contributed by atoms with Crippen LogP contribution in [0.5, 0.6) is 0 Å². The number of aromatic nitrogens is 4. The normalized spacial score (nSPS) is 10.6. The Bertz CT molecular complexity index is 703. The van der Waals surface area contributed by atoms with Gasteiger partial charge in [-0.2, -0.15) is 0 Å². The van der Waals surface area contributed by atoms with Crippen molar-refractivity contribution >= 4 is 5.82 Å². The Morgan fingerprint density at radius 3 is 2.59 bits per heavy atom. The molecule has 0 unspecified atom stereocenters. The van der Waals surface area contributed by atoms with Gasteiger partial charge >= 0.3 is 0 Å². The second kappa shape index (κ2) is 6.85. The van der Waals surface area contributed by atoms with Crippen LogP contribution < -0.4 is 5.32 Å². The summed E-state index contributed by atoms with van der Waals surface area (Å²) in [5, 5.41) is 7.75. The molecule has 22 heavy (non-hydrogen) atoms. The maximum absolute atomic E-state index is 4.42. The second-order valence-electron chi connectivity index (χ2n) is 5.21. The van der Waals surface area contributed by atoms with E-state index in [1.165, 1.54) is 11.1 Å². The molecule has 0 radical (unpaired) electrons. The van der Waals surface area contributed by atoms with Crippen molar-refractivity contribution in [2.24, 2.45) is 0 Å². The highest BCUT2D eigenvalue weighted by molar-refractivity contribution is 5.33. The molecule has 5 heteroatoms. The summed E-state index contributed by atoms with van der Waals surface area (Å²) in [6, 6.07) is 12.4. The van der Waals surface area contributed by atoms with Crippen LogP contribution in [-0.4, -0.2) is 26.3 Å². The molecule has 0 spiro atoms. The third-order valence-corrected chi connectivity index (χ3v) is 3.42. The fourth-order valence-electron chi connectivity index (χ4n) is 2.20. The summed E-state index contributed by atoms with van der Waals surface area (Å²) in [6.07, 6.45) is 7.41. The average molecular weight is 293 g/mol. The summed E-state index contributed by atoms with van der Waals surface area (Å²) in [5.74, 6) is 1.42.